The van der Waals surface area contributed by atoms with Crippen molar-refractivity contribution in [1.29, 1.82) is 0 Å². The third-order valence-electron chi connectivity index (χ3n) is 4.68. The molecule has 0 unspecified atom stereocenters. The number of aromatic amines is 1. The number of ether oxygens (including phenoxy) is 1. The van der Waals surface area contributed by atoms with Gasteiger partial charge in [0.25, 0.3) is 0 Å². The van der Waals surface area contributed by atoms with E-state index in [1.165, 1.54) is 23.5 Å². The lowest BCUT2D eigenvalue weighted by molar-refractivity contribution is -0.137. The molecule has 148 valence electrons. The Balaban J connectivity index is 1.89. The zero-order valence-electron chi connectivity index (χ0n) is 15.5. The average Bonchev–Trinajstić information content (AvgIpc) is 3.22. The van der Waals surface area contributed by atoms with Crippen LogP contribution in [0.4, 0.5) is 18.9 Å². The minimum Gasteiger partial charge on any atom is -0.488 e. The van der Waals surface area contributed by atoms with Gasteiger partial charge in [-0.25, -0.2) is 4.98 Å². The molecule has 0 saturated carbocycles. The molecule has 0 atom stereocenters. The summed E-state index contributed by atoms with van der Waals surface area (Å²) in [6.07, 6.45) is -2.62. The summed E-state index contributed by atoms with van der Waals surface area (Å²) in [5.74, 6) is 1.21. The second-order valence-corrected chi connectivity index (χ2v) is 7.71. The maximum absolute atomic E-state index is 13.6. The number of nitrogens with zero attached hydrogens (tertiary/aromatic N) is 1. The quantitative estimate of drug-likeness (QED) is 0.567. The predicted octanol–water partition coefficient (Wildman–Crippen LogP) is 5.89. The fraction of sp³-hybridized carbons (Fsp3) is 0.350. The lowest BCUT2D eigenvalue weighted by atomic mass is 10.0. The van der Waals surface area contributed by atoms with Gasteiger partial charge in [0.05, 0.1) is 21.8 Å². The van der Waals surface area contributed by atoms with E-state index in [-0.39, 0.29) is 5.56 Å². The lowest BCUT2D eigenvalue weighted by Gasteiger charge is -2.19. The van der Waals surface area contributed by atoms with Crippen LogP contribution in [-0.2, 0) is 12.6 Å². The van der Waals surface area contributed by atoms with Crippen LogP contribution < -0.4 is 10.1 Å². The molecular formula is C20H20F3N3OS. The molecule has 0 aliphatic carbocycles. The molecule has 4 nitrogen and oxygen atoms in total. The third kappa shape index (κ3) is 3.26. The normalized spacial score (nSPS) is 13.8. The Bertz CT molecular complexity index is 1010. The van der Waals surface area contributed by atoms with Crippen molar-refractivity contribution in [1.82, 2.24) is 9.97 Å². The molecule has 3 aromatic rings. The molecule has 0 radical (unpaired) electrons. The van der Waals surface area contributed by atoms with Crippen molar-refractivity contribution in [3.63, 3.8) is 0 Å². The van der Waals surface area contributed by atoms with E-state index in [0.29, 0.717) is 35.3 Å². The molecule has 0 spiro atoms. The van der Waals surface area contributed by atoms with Crippen molar-refractivity contribution in [2.45, 2.75) is 32.9 Å². The first-order chi connectivity index (χ1) is 13.4. The molecule has 2 aromatic heterocycles. The fourth-order valence-corrected chi connectivity index (χ4v) is 4.61. The van der Waals surface area contributed by atoms with Gasteiger partial charge < -0.3 is 15.0 Å². The fourth-order valence-electron chi connectivity index (χ4n) is 3.40. The van der Waals surface area contributed by atoms with Crippen molar-refractivity contribution >= 4 is 17.0 Å². The summed E-state index contributed by atoms with van der Waals surface area (Å²) in [7, 11) is 0. The Kier molecular flexibility index (Phi) is 4.82. The van der Waals surface area contributed by atoms with Crippen LogP contribution >= 0.6 is 11.3 Å². The number of hydrogen-bond donors (Lipinski definition) is 2. The maximum Gasteiger partial charge on any atom is 0.417 e. The molecule has 4 rings (SSSR count). The monoisotopic (exact) mass is 407 g/mol. The minimum atomic E-state index is -4.43. The lowest BCUT2D eigenvalue weighted by Crippen LogP contribution is -2.17. The smallest absolute Gasteiger partial charge is 0.417 e. The number of benzene rings is 1. The number of halogens is 3. The molecule has 0 bridgehead atoms. The van der Waals surface area contributed by atoms with Crippen LogP contribution in [0, 0.1) is 6.92 Å². The largest absolute Gasteiger partial charge is 0.488 e. The van der Waals surface area contributed by atoms with Crippen LogP contribution in [0.1, 0.15) is 30.3 Å². The summed E-state index contributed by atoms with van der Waals surface area (Å²) in [6.45, 7) is 5.04. The van der Waals surface area contributed by atoms with E-state index < -0.39 is 11.7 Å². The van der Waals surface area contributed by atoms with Crippen LogP contribution in [0.15, 0.2) is 24.3 Å². The first-order valence-electron chi connectivity index (χ1n) is 9.16. The topological polar surface area (TPSA) is 49.9 Å². The van der Waals surface area contributed by atoms with Crippen LogP contribution in [0.2, 0.25) is 0 Å². The molecule has 3 heterocycles. The van der Waals surface area contributed by atoms with Gasteiger partial charge in [0.2, 0.25) is 0 Å². The number of imidazole rings is 1. The highest BCUT2D eigenvalue weighted by atomic mass is 32.1. The molecule has 8 heteroatoms. The number of thiophene rings is 1. The molecule has 2 N–H and O–H groups in total. The number of nitrogens with one attached hydrogen (secondary N) is 2. The highest BCUT2D eigenvalue weighted by molar-refractivity contribution is 7.20. The van der Waals surface area contributed by atoms with Crippen molar-refractivity contribution < 1.29 is 17.9 Å². The third-order valence-corrected chi connectivity index (χ3v) is 5.89. The second-order valence-electron chi connectivity index (χ2n) is 6.69. The standard InChI is InChI=1S/C20H20F3N3OS/c1-3-6-14-11(2)25-19(26-14)18-16-15(24-9-10-27-16)17(28-18)12-7-4-5-8-13(12)20(21,22)23/h4-5,7-8,24H,3,6,9-10H2,1-2H3,(H,25,26). The SMILES string of the molecule is CCCc1nc(-c2sc(-c3ccccc3C(F)(F)F)c3c2OCCN3)[nH]c1C. The summed E-state index contributed by atoms with van der Waals surface area (Å²) in [5.41, 5.74) is 2.05. The summed E-state index contributed by atoms with van der Waals surface area (Å²) < 4.78 is 46.6. The number of H-pyrrole nitrogens is 1. The van der Waals surface area contributed by atoms with E-state index in [2.05, 4.69) is 22.2 Å². The molecule has 0 amide bonds. The van der Waals surface area contributed by atoms with Crippen molar-refractivity contribution in [2.75, 3.05) is 18.5 Å². The second kappa shape index (κ2) is 7.16. The van der Waals surface area contributed by atoms with E-state index >= 15 is 0 Å². The van der Waals surface area contributed by atoms with E-state index in [1.54, 1.807) is 6.07 Å². The molecule has 1 aliphatic rings. The van der Waals surface area contributed by atoms with Crippen molar-refractivity contribution in [3.8, 4) is 26.9 Å². The molecule has 28 heavy (non-hydrogen) atoms. The first-order valence-corrected chi connectivity index (χ1v) is 9.97. The van der Waals surface area contributed by atoms with Gasteiger partial charge in [0.1, 0.15) is 11.5 Å². The predicted molar refractivity (Wildman–Crippen MR) is 105 cm³/mol. The van der Waals surface area contributed by atoms with Crippen LogP contribution in [0.5, 0.6) is 5.75 Å². The summed E-state index contributed by atoms with van der Waals surface area (Å²) >= 11 is 1.27. The molecule has 0 saturated heterocycles. The molecule has 0 fully saturated rings. The Morgan fingerprint density at radius 3 is 2.75 bits per heavy atom. The highest BCUT2D eigenvalue weighted by Crippen LogP contribution is 2.53. The van der Waals surface area contributed by atoms with Gasteiger partial charge in [0.15, 0.2) is 11.6 Å². The zero-order chi connectivity index (χ0) is 19.9. The van der Waals surface area contributed by atoms with Crippen LogP contribution in [0.3, 0.4) is 0 Å². The number of rotatable bonds is 4. The van der Waals surface area contributed by atoms with E-state index in [9.17, 15) is 13.2 Å². The van der Waals surface area contributed by atoms with Crippen LogP contribution in [-0.4, -0.2) is 23.1 Å². The van der Waals surface area contributed by atoms with Crippen LogP contribution in [0.25, 0.3) is 21.1 Å². The number of aryl methyl sites for hydroxylation is 2. The molecule has 1 aliphatic heterocycles. The van der Waals surface area contributed by atoms with Gasteiger partial charge in [-0.3, -0.25) is 0 Å². The highest BCUT2D eigenvalue weighted by Gasteiger charge is 2.36. The van der Waals surface area contributed by atoms with Gasteiger partial charge >= 0.3 is 6.18 Å². The van der Waals surface area contributed by atoms with Gasteiger partial charge in [0, 0.05) is 17.8 Å². The molecular weight excluding hydrogens is 387 g/mol. The summed E-state index contributed by atoms with van der Waals surface area (Å²) in [4.78, 5) is 9.19. The van der Waals surface area contributed by atoms with Gasteiger partial charge in [-0.1, -0.05) is 31.5 Å². The minimum absolute atomic E-state index is 0.151. The Hall–Kier alpha value is -2.48. The van der Waals surface area contributed by atoms with Gasteiger partial charge in [-0.05, 0) is 19.4 Å². The maximum atomic E-state index is 13.6. The number of aromatic nitrogens is 2. The first kappa shape index (κ1) is 18.9. The van der Waals surface area contributed by atoms with Gasteiger partial charge in [-0.2, -0.15) is 13.2 Å². The summed E-state index contributed by atoms with van der Waals surface area (Å²) in [5, 5.41) is 3.22. The van der Waals surface area contributed by atoms with E-state index in [0.717, 1.165) is 35.2 Å². The number of fused-ring (bicyclic) bond motifs is 1. The Morgan fingerprint density at radius 2 is 2.00 bits per heavy atom. The van der Waals surface area contributed by atoms with E-state index in [4.69, 9.17) is 4.74 Å². The summed E-state index contributed by atoms with van der Waals surface area (Å²) in [6, 6.07) is 5.65. The average molecular weight is 407 g/mol. The Morgan fingerprint density at radius 1 is 1.21 bits per heavy atom. The van der Waals surface area contributed by atoms with Gasteiger partial charge in [-0.15, -0.1) is 11.3 Å². The van der Waals surface area contributed by atoms with Crippen molar-refractivity contribution in [3.05, 3.63) is 41.2 Å². The Labute approximate surface area is 164 Å². The zero-order valence-corrected chi connectivity index (χ0v) is 16.4. The molecule has 1 aromatic carbocycles. The van der Waals surface area contributed by atoms with E-state index in [1.807, 2.05) is 6.92 Å². The number of anilines is 1. The number of hydrogen-bond acceptors (Lipinski definition) is 4. The number of alkyl halides is 3. The van der Waals surface area contributed by atoms with Crippen molar-refractivity contribution in [2.24, 2.45) is 0 Å².